The maximum absolute atomic E-state index is 13.2. The molecule has 4 aromatic rings. The lowest BCUT2D eigenvalue weighted by molar-refractivity contribution is -0.214. The zero-order chi connectivity index (χ0) is 30.7. The molecule has 0 aliphatic carbocycles. The van der Waals surface area contributed by atoms with Crippen molar-refractivity contribution in [3.05, 3.63) is 144 Å². The average Bonchev–Trinajstić information content (AvgIpc) is 3.08. The van der Waals surface area contributed by atoms with Gasteiger partial charge in [0.15, 0.2) is 5.78 Å². The fraction of sp³-hybridized carbons (Fsp3) is 0.200. The van der Waals surface area contributed by atoms with Crippen molar-refractivity contribution in [1.82, 2.24) is 5.32 Å². The molecule has 4 atom stereocenters. The summed E-state index contributed by atoms with van der Waals surface area (Å²) in [7, 11) is 0. The number of ether oxygens (including phenoxy) is 4. The molecular formula is C35H31NO8. The van der Waals surface area contributed by atoms with E-state index < -0.39 is 42.4 Å². The van der Waals surface area contributed by atoms with Crippen molar-refractivity contribution in [3.8, 4) is 0 Å². The second kappa shape index (κ2) is 14.9. The number of carbonyl (C=O) groups excluding carboxylic acids is 4. The highest BCUT2D eigenvalue weighted by molar-refractivity contribution is 5.97. The van der Waals surface area contributed by atoms with Crippen LogP contribution in [0.2, 0.25) is 0 Å². The van der Waals surface area contributed by atoms with Gasteiger partial charge >= 0.3 is 17.9 Å². The molecule has 1 fully saturated rings. The number of rotatable bonds is 11. The van der Waals surface area contributed by atoms with E-state index in [1.807, 2.05) is 6.07 Å². The van der Waals surface area contributed by atoms with Gasteiger partial charge in [-0.15, -0.1) is 0 Å². The first-order valence-corrected chi connectivity index (χ1v) is 14.2. The van der Waals surface area contributed by atoms with Crippen molar-refractivity contribution in [3.63, 3.8) is 0 Å². The molecule has 9 nitrogen and oxygen atoms in total. The van der Waals surface area contributed by atoms with Gasteiger partial charge in [0.25, 0.3) is 0 Å². The minimum absolute atomic E-state index is 0.0945. The molecule has 1 aliphatic rings. The minimum Gasteiger partial charge on any atom is -0.459 e. The molecule has 224 valence electrons. The summed E-state index contributed by atoms with van der Waals surface area (Å²) < 4.78 is 23.4. The molecule has 9 heteroatoms. The molecule has 5 rings (SSSR count). The Balaban J connectivity index is 1.39. The smallest absolute Gasteiger partial charge is 0.340 e. The highest BCUT2D eigenvalue weighted by atomic mass is 16.7. The number of benzene rings is 4. The molecule has 4 aromatic carbocycles. The number of Topliss-reactive ketones (excluding diaryl/α,β-unsaturated/α-hetero) is 1. The van der Waals surface area contributed by atoms with Crippen molar-refractivity contribution >= 4 is 23.7 Å². The van der Waals surface area contributed by atoms with Gasteiger partial charge in [0.1, 0.15) is 18.8 Å². The van der Waals surface area contributed by atoms with Gasteiger partial charge < -0.3 is 18.9 Å². The lowest BCUT2D eigenvalue weighted by atomic mass is 9.99. The van der Waals surface area contributed by atoms with E-state index in [1.54, 1.807) is 115 Å². The van der Waals surface area contributed by atoms with Gasteiger partial charge in [-0.1, -0.05) is 84.9 Å². The first kappa shape index (κ1) is 30.3. The van der Waals surface area contributed by atoms with Gasteiger partial charge in [-0.2, -0.15) is 0 Å². The Morgan fingerprint density at radius 2 is 1.07 bits per heavy atom. The Kier molecular flexibility index (Phi) is 10.2. The molecule has 1 aliphatic heterocycles. The highest BCUT2D eigenvalue weighted by Crippen LogP contribution is 2.27. The topological polar surface area (TPSA) is 117 Å². The van der Waals surface area contributed by atoms with Crippen LogP contribution >= 0.6 is 0 Å². The van der Waals surface area contributed by atoms with Crippen LogP contribution < -0.4 is 5.32 Å². The highest BCUT2D eigenvalue weighted by Gasteiger charge is 2.44. The minimum atomic E-state index is -1.30. The van der Waals surface area contributed by atoms with E-state index in [0.717, 1.165) is 0 Å². The Bertz CT molecular complexity index is 1480. The standard InChI is InChI=1S/C35H31NO8/c37-29(24-13-5-1-6-14-24)22-36-31-30(43-33(39)26-17-9-3-10-18-26)21-28(23-41-32(38)25-15-7-2-8-16-25)42-35(31)44-34(40)27-19-11-4-12-20-27/h1-20,28,30-31,35-36H,21-23H2. The van der Waals surface area contributed by atoms with Gasteiger partial charge in [0.05, 0.1) is 29.3 Å². The molecule has 1 saturated heterocycles. The summed E-state index contributed by atoms with van der Waals surface area (Å²) >= 11 is 0. The van der Waals surface area contributed by atoms with Gasteiger partial charge in [0, 0.05) is 12.0 Å². The normalized spacial score (nSPS) is 19.4. The molecular weight excluding hydrogens is 562 g/mol. The van der Waals surface area contributed by atoms with Crippen LogP contribution in [0, 0.1) is 0 Å². The lowest BCUT2D eigenvalue weighted by Gasteiger charge is -2.40. The lowest BCUT2D eigenvalue weighted by Crippen LogP contribution is -2.59. The predicted octanol–water partition coefficient (Wildman–Crippen LogP) is 4.88. The zero-order valence-corrected chi connectivity index (χ0v) is 23.7. The van der Waals surface area contributed by atoms with Crippen molar-refractivity contribution in [2.45, 2.75) is 31.0 Å². The summed E-state index contributed by atoms with van der Waals surface area (Å²) in [5.74, 6) is -2.05. The van der Waals surface area contributed by atoms with Crippen LogP contribution in [0.4, 0.5) is 0 Å². The van der Waals surface area contributed by atoms with Gasteiger partial charge in [-0.3, -0.25) is 10.1 Å². The molecule has 0 bridgehead atoms. The number of nitrogens with one attached hydrogen (secondary N) is 1. The predicted molar refractivity (Wildman–Crippen MR) is 160 cm³/mol. The van der Waals surface area contributed by atoms with E-state index in [-0.39, 0.29) is 30.9 Å². The molecule has 0 amide bonds. The van der Waals surface area contributed by atoms with Crippen LogP contribution in [-0.2, 0) is 18.9 Å². The van der Waals surface area contributed by atoms with Crippen LogP contribution in [0.3, 0.4) is 0 Å². The number of hydrogen-bond acceptors (Lipinski definition) is 9. The quantitative estimate of drug-likeness (QED) is 0.147. The fourth-order valence-electron chi connectivity index (χ4n) is 4.76. The molecule has 0 spiro atoms. The molecule has 0 saturated carbocycles. The van der Waals surface area contributed by atoms with Crippen molar-refractivity contribution in [1.29, 1.82) is 0 Å². The Labute approximate surface area is 254 Å². The summed E-state index contributed by atoms with van der Waals surface area (Å²) in [4.78, 5) is 52.0. The molecule has 1 heterocycles. The second-order valence-electron chi connectivity index (χ2n) is 10.1. The second-order valence-corrected chi connectivity index (χ2v) is 10.1. The van der Waals surface area contributed by atoms with Gasteiger partial charge in [0.2, 0.25) is 6.29 Å². The SMILES string of the molecule is O=C(CNC1C(OC(=O)c2ccccc2)CC(COC(=O)c2ccccc2)OC1OC(=O)c1ccccc1)c1ccccc1. The molecule has 1 N–H and O–H groups in total. The third-order valence-electron chi connectivity index (χ3n) is 7.02. The average molecular weight is 594 g/mol. The Hall–Kier alpha value is -5.12. The van der Waals surface area contributed by atoms with Crippen LogP contribution in [0.1, 0.15) is 47.9 Å². The summed E-state index contributed by atoms with van der Waals surface area (Å²) in [6, 6.07) is 33.1. The van der Waals surface area contributed by atoms with Crippen molar-refractivity contribution < 1.29 is 38.1 Å². The molecule has 4 unspecified atom stereocenters. The maximum Gasteiger partial charge on any atom is 0.340 e. The Morgan fingerprint density at radius 1 is 0.614 bits per heavy atom. The van der Waals surface area contributed by atoms with E-state index in [1.165, 1.54) is 0 Å². The van der Waals surface area contributed by atoms with E-state index in [9.17, 15) is 19.2 Å². The first-order chi connectivity index (χ1) is 21.5. The third-order valence-corrected chi connectivity index (χ3v) is 7.02. The van der Waals surface area contributed by atoms with Crippen molar-refractivity contribution in [2.24, 2.45) is 0 Å². The summed E-state index contributed by atoms with van der Waals surface area (Å²) in [5, 5.41) is 3.11. The zero-order valence-electron chi connectivity index (χ0n) is 23.7. The third kappa shape index (κ3) is 8.03. The number of esters is 3. The van der Waals surface area contributed by atoms with E-state index in [0.29, 0.717) is 16.7 Å². The molecule has 0 aromatic heterocycles. The van der Waals surface area contributed by atoms with Crippen LogP contribution in [0.15, 0.2) is 121 Å². The number of hydrogen-bond donors (Lipinski definition) is 1. The molecule has 0 radical (unpaired) electrons. The summed E-state index contributed by atoms with van der Waals surface area (Å²) in [6.45, 7) is -0.341. The number of carbonyl (C=O) groups is 4. The summed E-state index contributed by atoms with van der Waals surface area (Å²) in [6.07, 6.45) is -2.92. The van der Waals surface area contributed by atoms with Gasteiger partial charge in [-0.05, 0) is 36.4 Å². The maximum atomic E-state index is 13.2. The monoisotopic (exact) mass is 593 g/mol. The van der Waals surface area contributed by atoms with E-state index >= 15 is 0 Å². The van der Waals surface area contributed by atoms with E-state index in [4.69, 9.17) is 18.9 Å². The van der Waals surface area contributed by atoms with Crippen LogP contribution in [0.5, 0.6) is 0 Å². The summed E-state index contributed by atoms with van der Waals surface area (Å²) in [5.41, 5.74) is 1.45. The van der Waals surface area contributed by atoms with Gasteiger partial charge in [-0.25, -0.2) is 14.4 Å². The van der Waals surface area contributed by atoms with Crippen molar-refractivity contribution in [2.75, 3.05) is 13.2 Å². The fourth-order valence-corrected chi connectivity index (χ4v) is 4.76. The van der Waals surface area contributed by atoms with E-state index in [2.05, 4.69) is 5.32 Å². The first-order valence-electron chi connectivity index (χ1n) is 14.2. The van der Waals surface area contributed by atoms with Crippen LogP contribution in [0.25, 0.3) is 0 Å². The Morgan fingerprint density at radius 3 is 1.59 bits per heavy atom. The van der Waals surface area contributed by atoms with Crippen LogP contribution in [-0.4, -0.2) is 61.4 Å². The molecule has 44 heavy (non-hydrogen) atoms. The largest absolute Gasteiger partial charge is 0.459 e. The number of ketones is 1.